The summed E-state index contributed by atoms with van der Waals surface area (Å²) in [5.41, 5.74) is 4.72. The summed E-state index contributed by atoms with van der Waals surface area (Å²) in [6.07, 6.45) is 0.172. The predicted molar refractivity (Wildman–Crippen MR) is 132 cm³/mol. The van der Waals surface area contributed by atoms with E-state index >= 15 is 0 Å². The average Bonchev–Trinajstić information content (AvgIpc) is 2.86. The summed E-state index contributed by atoms with van der Waals surface area (Å²) in [6, 6.07) is 21.1. The van der Waals surface area contributed by atoms with Gasteiger partial charge >= 0.3 is 5.97 Å². The first-order valence-electron chi connectivity index (χ1n) is 11.2. The molecule has 0 aliphatic carbocycles. The van der Waals surface area contributed by atoms with E-state index in [4.69, 9.17) is 14.2 Å². The summed E-state index contributed by atoms with van der Waals surface area (Å²) in [5.74, 6) is 0.961. The van der Waals surface area contributed by atoms with Gasteiger partial charge in [0, 0.05) is 18.7 Å². The van der Waals surface area contributed by atoms with Gasteiger partial charge in [-0.2, -0.15) is 0 Å². The third kappa shape index (κ3) is 6.38. The monoisotopic (exact) mass is 461 g/mol. The molecule has 0 saturated heterocycles. The molecule has 178 valence electrons. The van der Waals surface area contributed by atoms with Crippen molar-refractivity contribution in [3.8, 4) is 22.6 Å². The van der Waals surface area contributed by atoms with Gasteiger partial charge < -0.3 is 19.1 Å². The number of ether oxygens (including phenoxy) is 3. The van der Waals surface area contributed by atoms with Crippen LogP contribution in [0.5, 0.6) is 11.5 Å². The Kier molecular flexibility index (Phi) is 8.68. The summed E-state index contributed by atoms with van der Waals surface area (Å²) >= 11 is 0. The van der Waals surface area contributed by atoms with Crippen molar-refractivity contribution >= 4 is 11.9 Å². The van der Waals surface area contributed by atoms with Gasteiger partial charge in [-0.05, 0) is 54.8 Å². The molecule has 0 saturated carbocycles. The van der Waals surface area contributed by atoms with Gasteiger partial charge in [0.1, 0.15) is 11.5 Å². The molecule has 0 aromatic heterocycles. The minimum Gasteiger partial charge on any atom is -0.496 e. The molecule has 0 spiro atoms. The molecular formula is C28H31NO5. The Labute approximate surface area is 201 Å². The highest BCUT2D eigenvalue weighted by atomic mass is 16.5. The number of hydrogen-bond acceptors (Lipinski definition) is 5. The summed E-state index contributed by atoms with van der Waals surface area (Å²) in [5, 5.41) is 0. The van der Waals surface area contributed by atoms with E-state index in [1.807, 2.05) is 74.5 Å². The molecular weight excluding hydrogens is 430 g/mol. The Bertz CT molecular complexity index is 1130. The van der Waals surface area contributed by atoms with Crippen molar-refractivity contribution in [3.63, 3.8) is 0 Å². The second-order valence-electron chi connectivity index (χ2n) is 7.96. The van der Waals surface area contributed by atoms with Crippen LogP contribution in [0, 0.1) is 6.92 Å². The van der Waals surface area contributed by atoms with Crippen molar-refractivity contribution in [2.45, 2.75) is 26.8 Å². The molecule has 3 aromatic carbocycles. The number of aryl methyl sites for hydroxylation is 1. The van der Waals surface area contributed by atoms with E-state index in [1.54, 1.807) is 12.0 Å². The first-order chi connectivity index (χ1) is 16.4. The standard InChI is InChI=1S/C28H31NO5/c1-5-29(27(30)19-34-23-9-7-6-8-10-23)18-22-15-20(2)11-13-24(22)25-16-21(17-28(31)33-4)12-14-26(25)32-3/h6-16H,5,17-19H2,1-4H3. The second-order valence-corrected chi connectivity index (χ2v) is 7.96. The average molecular weight is 462 g/mol. The lowest BCUT2D eigenvalue weighted by molar-refractivity contribution is -0.139. The molecule has 0 N–H and O–H groups in total. The van der Waals surface area contributed by atoms with Crippen LogP contribution in [0.2, 0.25) is 0 Å². The van der Waals surface area contributed by atoms with E-state index in [1.165, 1.54) is 7.11 Å². The van der Waals surface area contributed by atoms with Gasteiger partial charge in [0.05, 0.1) is 20.6 Å². The first-order valence-corrected chi connectivity index (χ1v) is 11.2. The van der Waals surface area contributed by atoms with Gasteiger partial charge in [-0.3, -0.25) is 9.59 Å². The second kappa shape index (κ2) is 11.9. The molecule has 0 aliphatic rings. The van der Waals surface area contributed by atoms with Crippen LogP contribution in [0.3, 0.4) is 0 Å². The molecule has 1 amide bonds. The van der Waals surface area contributed by atoms with Crippen molar-refractivity contribution in [3.05, 3.63) is 83.4 Å². The molecule has 0 unspecified atom stereocenters. The predicted octanol–water partition coefficient (Wildman–Crippen LogP) is 4.81. The number of carbonyl (C=O) groups is 2. The molecule has 3 aromatic rings. The van der Waals surface area contributed by atoms with E-state index in [9.17, 15) is 9.59 Å². The van der Waals surface area contributed by atoms with Crippen molar-refractivity contribution in [2.24, 2.45) is 0 Å². The normalized spacial score (nSPS) is 10.5. The van der Waals surface area contributed by atoms with Crippen LogP contribution in [0.15, 0.2) is 66.7 Å². The molecule has 0 atom stereocenters. The maximum atomic E-state index is 12.9. The van der Waals surface area contributed by atoms with Gasteiger partial charge in [-0.15, -0.1) is 0 Å². The highest BCUT2D eigenvalue weighted by Gasteiger charge is 2.18. The Morgan fingerprint density at radius 3 is 2.35 bits per heavy atom. The van der Waals surface area contributed by atoms with Crippen LogP contribution in [0.1, 0.15) is 23.6 Å². The number of amides is 1. The van der Waals surface area contributed by atoms with Gasteiger partial charge in [0.25, 0.3) is 5.91 Å². The van der Waals surface area contributed by atoms with Crippen molar-refractivity contribution in [1.29, 1.82) is 0 Å². The van der Waals surface area contributed by atoms with Crippen LogP contribution in [0.4, 0.5) is 0 Å². The summed E-state index contributed by atoms with van der Waals surface area (Å²) in [7, 11) is 3.00. The zero-order chi connectivity index (χ0) is 24.5. The topological polar surface area (TPSA) is 65.1 Å². The number of esters is 1. The van der Waals surface area contributed by atoms with E-state index in [2.05, 4.69) is 6.07 Å². The first kappa shape index (κ1) is 24.8. The fourth-order valence-corrected chi connectivity index (χ4v) is 3.77. The lowest BCUT2D eigenvalue weighted by atomic mass is 9.94. The Morgan fingerprint density at radius 2 is 1.68 bits per heavy atom. The number of rotatable bonds is 10. The number of para-hydroxylation sites is 1. The highest BCUT2D eigenvalue weighted by Crippen LogP contribution is 2.34. The van der Waals surface area contributed by atoms with Crippen LogP contribution >= 0.6 is 0 Å². The lowest BCUT2D eigenvalue weighted by Gasteiger charge is -2.24. The number of likely N-dealkylation sites (N-methyl/N-ethyl adjacent to an activating group) is 1. The van der Waals surface area contributed by atoms with Crippen molar-refractivity contribution in [1.82, 2.24) is 4.90 Å². The lowest BCUT2D eigenvalue weighted by Crippen LogP contribution is -2.34. The van der Waals surface area contributed by atoms with E-state index in [0.29, 0.717) is 24.6 Å². The van der Waals surface area contributed by atoms with Crippen LogP contribution in [-0.2, 0) is 27.3 Å². The number of hydrogen-bond donors (Lipinski definition) is 0. The molecule has 0 fully saturated rings. The largest absolute Gasteiger partial charge is 0.496 e. The number of benzene rings is 3. The smallest absolute Gasteiger partial charge is 0.309 e. The Hall–Kier alpha value is -3.80. The molecule has 6 heteroatoms. The van der Waals surface area contributed by atoms with Gasteiger partial charge in [-0.1, -0.05) is 48.0 Å². The van der Waals surface area contributed by atoms with E-state index in [0.717, 1.165) is 27.8 Å². The number of methoxy groups -OCH3 is 2. The van der Waals surface area contributed by atoms with Gasteiger partial charge in [0.2, 0.25) is 0 Å². The molecule has 3 rings (SSSR count). The van der Waals surface area contributed by atoms with E-state index in [-0.39, 0.29) is 24.9 Å². The third-order valence-corrected chi connectivity index (χ3v) is 5.59. The van der Waals surface area contributed by atoms with Gasteiger partial charge in [0.15, 0.2) is 6.61 Å². The fraction of sp³-hybridized carbons (Fsp3) is 0.286. The molecule has 34 heavy (non-hydrogen) atoms. The summed E-state index contributed by atoms with van der Waals surface area (Å²) in [6.45, 7) is 4.91. The van der Waals surface area contributed by atoms with Crippen LogP contribution < -0.4 is 9.47 Å². The molecule has 6 nitrogen and oxygen atoms in total. The summed E-state index contributed by atoms with van der Waals surface area (Å²) < 4.78 is 16.1. The number of nitrogens with zero attached hydrogens (tertiary/aromatic N) is 1. The van der Waals surface area contributed by atoms with E-state index < -0.39 is 0 Å². The highest BCUT2D eigenvalue weighted by molar-refractivity contribution is 5.80. The minimum atomic E-state index is -0.304. The molecule has 0 bridgehead atoms. The molecule has 0 aliphatic heterocycles. The van der Waals surface area contributed by atoms with Gasteiger partial charge in [-0.25, -0.2) is 0 Å². The van der Waals surface area contributed by atoms with Crippen LogP contribution in [0.25, 0.3) is 11.1 Å². The fourth-order valence-electron chi connectivity index (χ4n) is 3.77. The van der Waals surface area contributed by atoms with Crippen molar-refractivity contribution < 1.29 is 23.8 Å². The molecule has 0 radical (unpaired) electrons. The van der Waals surface area contributed by atoms with Crippen LogP contribution in [-0.4, -0.2) is 44.1 Å². The zero-order valence-corrected chi connectivity index (χ0v) is 20.2. The quantitative estimate of drug-likeness (QED) is 0.405. The minimum absolute atomic E-state index is 0.0308. The summed E-state index contributed by atoms with van der Waals surface area (Å²) in [4.78, 5) is 26.5. The zero-order valence-electron chi connectivity index (χ0n) is 20.2. The Morgan fingerprint density at radius 1 is 0.912 bits per heavy atom. The SMILES string of the molecule is CCN(Cc1cc(C)ccc1-c1cc(CC(=O)OC)ccc1OC)C(=O)COc1ccccc1. The molecule has 0 heterocycles. The number of carbonyl (C=O) groups excluding carboxylic acids is 2. The van der Waals surface area contributed by atoms with Crippen molar-refractivity contribution in [2.75, 3.05) is 27.4 Å². The Balaban J connectivity index is 1.88. The maximum Gasteiger partial charge on any atom is 0.309 e. The maximum absolute atomic E-state index is 12.9. The third-order valence-electron chi connectivity index (χ3n) is 5.59.